The Morgan fingerprint density at radius 2 is 2.25 bits per heavy atom. The van der Waals surface area contributed by atoms with Gasteiger partial charge >= 0.3 is 0 Å². The Morgan fingerprint density at radius 3 is 2.75 bits per heavy atom. The van der Waals surface area contributed by atoms with Gasteiger partial charge < -0.3 is 5.11 Å². The normalized spacial score (nSPS) is 16.2. The van der Waals surface area contributed by atoms with Crippen LogP contribution in [-0.4, -0.2) is 5.11 Å². The molecule has 0 bridgehead atoms. The number of aliphatic hydroxyl groups is 1. The van der Waals surface area contributed by atoms with E-state index in [0.717, 1.165) is 6.42 Å². The molecule has 0 spiro atoms. The minimum Gasteiger partial charge on any atom is -0.384 e. The molecule has 0 aromatic heterocycles. The summed E-state index contributed by atoms with van der Waals surface area (Å²) < 4.78 is 13.1. The van der Waals surface area contributed by atoms with Crippen LogP contribution in [0.3, 0.4) is 0 Å². The van der Waals surface area contributed by atoms with E-state index in [2.05, 4.69) is 6.07 Å². The lowest BCUT2D eigenvalue weighted by Gasteiger charge is -2.28. The molecule has 1 aromatic rings. The van der Waals surface area contributed by atoms with Crippen LogP contribution in [0.4, 0.5) is 4.39 Å². The van der Waals surface area contributed by atoms with Gasteiger partial charge in [-0.1, -0.05) is 25.5 Å². The van der Waals surface area contributed by atoms with Gasteiger partial charge in [0.1, 0.15) is 11.4 Å². The van der Waals surface area contributed by atoms with E-state index in [1.54, 1.807) is 19.1 Å². The maximum atomic E-state index is 13.1. The molecule has 0 aliphatic rings. The molecule has 2 unspecified atom stereocenters. The number of hydrogen-bond donors (Lipinski definition) is 1. The van der Waals surface area contributed by atoms with Crippen molar-refractivity contribution in [3.8, 4) is 6.07 Å². The van der Waals surface area contributed by atoms with Crippen LogP contribution in [-0.2, 0) is 5.60 Å². The van der Waals surface area contributed by atoms with Crippen LogP contribution in [0.5, 0.6) is 0 Å². The van der Waals surface area contributed by atoms with Gasteiger partial charge in [0.25, 0.3) is 0 Å². The second-order valence-corrected chi connectivity index (χ2v) is 4.13. The molecular formula is C13H16FNO. The summed E-state index contributed by atoms with van der Waals surface area (Å²) in [5.41, 5.74) is -0.847. The van der Waals surface area contributed by atoms with Crippen molar-refractivity contribution < 1.29 is 9.50 Å². The SMILES string of the molecule is CCCC(C#N)C(C)(O)c1cccc(F)c1. The summed E-state index contributed by atoms with van der Waals surface area (Å²) in [5.74, 6) is -0.912. The van der Waals surface area contributed by atoms with Gasteiger partial charge in [0, 0.05) is 0 Å². The molecule has 1 rings (SSSR count). The largest absolute Gasteiger partial charge is 0.384 e. The number of nitriles is 1. The zero-order chi connectivity index (χ0) is 12.2. The molecule has 0 amide bonds. The molecule has 16 heavy (non-hydrogen) atoms. The third-order valence-electron chi connectivity index (χ3n) is 2.82. The third kappa shape index (κ3) is 2.59. The van der Waals surface area contributed by atoms with Gasteiger partial charge in [0.15, 0.2) is 0 Å². The van der Waals surface area contributed by atoms with Crippen LogP contribution < -0.4 is 0 Å². The van der Waals surface area contributed by atoms with Gasteiger partial charge in [-0.3, -0.25) is 0 Å². The lowest BCUT2D eigenvalue weighted by molar-refractivity contribution is 0.0128. The van der Waals surface area contributed by atoms with Crippen molar-refractivity contribution in [2.75, 3.05) is 0 Å². The Morgan fingerprint density at radius 1 is 1.56 bits per heavy atom. The second-order valence-electron chi connectivity index (χ2n) is 4.13. The highest BCUT2D eigenvalue weighted by molar-refractivity contribution is 5.25. The first-order valence-electron chi connectivity index (χ1n) is 5.40. The summed E-state index contributed by atoms with van der Waals surface area (Å²) in [6.45, 7) is 3.51. The maximum absolute atomic E-state index is 13.1. The van der Waals surface area contributed by atoms with E-state index in [4.69, 9.17) is 5.26 Å². The summed E-state index contributed by atoms with van der Waals surface area (Å²) in [6, 6.07) is 7.87. The third-order valence-corrected chi connectivity index (χ3v) is 2.82. The van der Waals surface area contributed by atoms with E-state index in [1.807, 2.05) is 6.92 Å². The first-order chi connectivity index (χ1) is 7.52. The van der Waals surface area contributed by atoms with Crippen LogP contribution >= 0.6 is 0 Å². The minimum absolute atomic E-state index is 0.397. The Kier molecular flexibility index (Phi) is 4.03. The average Bonchev–Trinajstić information content (AvgIpc) is 2.25. The zero-order valence-corrected chi connectivity index (χ0v) is 9.57. The highest BCUT2D eigenvalue weighted by Gasteiger charge is 2.33. The molecular weight excluding hydrogens is 205 g/mol. The molecule has 1 N–H and O–H groups in total. The van der Waals surface area contributed by atoms with Crippen molar-refractivity contribution in [1.29, 1.82) is 5.26 Å². The summed E-state index contributed by atoms with van der Waals surface area (Å²) in [7, 11) is 0. The molecule has 0 aliphatic carbocycles. The van der Waals surface area contributed by atoms with Crippen molar-refractivity contribution in [2.24, 2.45) is 5.92 Å². The van der Waals surface area contributed by atoms with Crippen molar-refractivity contribution in [1.82, 2.24) is 0 Å². The number of nitrogens with zero attached hydrogens (tertiary/aromatic N) is 1. The molecule has 3 heteroatoms. The van der Waals surface area contributed by atoms with Gasteiger partial charge in [0.05, 0.1) is 12.0 Å². The Bertz CT molecular complexity index is 395. The molecule has 0 radical (unpaired) electrons. The van der Waals surface area contributed by atoms with E-state index in [9.17, 15) is 9.50 Å². The fourth-order valence-corrected chi connectivity index (χ4v) is 1.76. The van der Waals surface area contributed by atoms with Crippen LogP contribution in [0, 0.1) is 23.1 Å². The van der Waals surface area contributed by atoms with Crippen LogP contribution in [0.1, 0.15) is 32.3 Å². The second kappa shape index (κ2) is 5.09. The van der Waals surface area contributed by atoms with Gasteiger partial charge in [0.2, 0.25) is 0 Å². The fourth-order valence-electron chi connectivity index (χ4n) is 1.76. The van der Waals surface area contributed by atoms with E-state index < -0.39 is 17.3 Å². The Balaban J connectivity index is 3.04. The molecule has 0 aliphatic heterocycles. The summed E-state index contributed by atoms with van der Waals surface area (Å²) in [5, 5.41) is 19.3. The van der Waals surface area contributed by atoms with Crippen molar-refractivity contribution in [3.63, 3.8) is 0 Å². The number of halogens is 1. The highest BCUT2D eigenvalue weighted by Crippen LogP contribution is 2.32. The van der Waals surface area contributed by atoms with Crippen LogP contribution in [0.15, 0.2) is 24.3 Å². The molecule has 0 fully saturated rings. The number of hydrogen-bond acceptors (Lipinski definition) is 2. The van der Waals surface area contributed by atoms with Crippen LogP contribution in [0.25, 0.3) is 0 Å². The average molecular weight is 221 g/mol. The lowest BCUT2D eigenvalue weighted by atomic mass is 9.81. The molecule has 0 saturated carbocycles. The standard InChI is InChI=1S/C13H16FNO/c1-3-5-11(9-15)13(2,16)10-6-4-7-12(14)8-10/h4,6-8,11,16H,3,5H2,1-2H3. The molecule has 0 saturated heterocycles. The van der Waals surface area contributed by atoms with Crippen molar-refractivity contribution in [2.45, 2.75) is 32.3 Å². The smallest absolute Gasteiger partial charge is 0.123 e. The summed E-state index contributed by atoms with van der Waals surface area (Å²) in [4.78, 5) is 0. The van der Waals surface area contributed by atoms with Crippen molar-refractivity contribution in [3.05, 3.63) is 35.6 Å². The fraction of sp³-hybridized carbons (Fsp3) is 0.462. The van der Waals surface area contributed by atoms with Crippen molar-refractivity contribution >= 4 is 0 Å². The first kappa shape index (κ1) is 12.7. The molecule has 86 valence electrons. The Hall–Kier alpha value is -1.40. The topological polar surface area (TPSA) is 44.0 Å². The van der Waals surface area contributed by atoms with E-state index in [-0.39, 0.29) is 0 Å². The molecule has 0 heterocycles. The van der Waals surface area contributed by atoms with E-state index in [0.29, 0.717) is 12.0 Å². The minimum atomic E-state index is -1.30. The Labute approximate surface area is 95.3 Å². The van der Waals surface area contributed by atoms with Gasteiger partial charge in [-0.05, 0) is 31.0 Å². The first-order valence-corrected chi connectivity index (χ1v) is 5.40. The molecule has 2 atom stereocenters. The number of benzene rings is 1. The molecule has 1 aromatic carbocycles. The van der Waals surface area contributed by atoms with Gasteiger partial charge in [-0.25, -0.2) is 4.39 Å². The van der Waals surface area contributed by atoms with E-state index in [1.165, 1.54) is 12.1 Å². The van der Waals surface area contributed by atoms with Crippen LogP contribution in [0.2, 0.25) is 0 Å². The maximum Gasteiger partial charge on any atom is 0.123 e. The number of rotatable bonds is 4. The zero-order valence-electron chi connectivity index (χ0n) is 9.57. The summed E-state index contributed by atoms with van der Waals surface area (Å²) in [6.07, 6.45) is 1.41. The van der Waals surface area contributed by atoms with E-state index >= 15 is 0 Å². The lowest BCUT2D eigenvalue weighted by Crippen LogP contribution is -2.31. The summed E-state index contributed by atoms with van der Waals surface area (Å²) >= 11 is 0. The van der Waals surface area contributed by atoms with Gasteiger partial charge in [-0.2, -0.15) is 5.26 Å². The monoisotopic (exact) mass is 221 g/mol. The highest BCUT2D eigenvalue weighted by atomic mass is 19.1. The predicted molar refractivity (Wildman–Crippen MR) is 60.0 cm³/mol. The molecule has 2 nitrogen and oxygen atoms in total. The predicted octanol–water partition coefficient (Wildman–Crippen LogP) is 2.97. The quantitative estimate of drug-likeness (QED) is 0.849. The van der Waals surface area contributed by atoms with Gasteiger partial charge in [-0.15, -0.1) is 0 Å².